The summed E-state index contributed by atoms with van der Waals surface area (Å²) in [5, 5.41) is 0. The smallest absolute Gasteiger partial charge is 0.243 e. The summed E-state index contributed by atoms with van der Waals surface area (Å²) >= 11 is 0. The molecule has 2 saturated heterocycles. The summed E-state index contributed by atoms with van der Waals surface area (Å²) in [6.45, 7) is 8.59. The number of nitrogens with zero attached hydrogens (tertiary/aromatic N) is 4. The van der Waals surface area contributed by atoms with E-state index in [1.807, 2.05) is 30.1 Å². The van der Waals surface area contributed by atoms with Crippen LogP contribution in [0.15, 0.2) is 65.6 Å². The molecule has 9 nitrogen and oxygen atoms in total. The number of fused-ring (bicyclic) bond motifs is 1. The van der Waals surface area contributed by atoms with Gasteiger partial charge >= 0.3 is 0 Å². The van der Waals surface area contributed by atoms with Crippen LogP contribution >= 0.6 is 0 Å². The summed E-state index contributed by atoms with van der Waals surface area (Å²) in [4.78, 5) is 20.8. The Morgan fingerprint density at radius 2 is 1.70 bits per heavy atom. The Morgan fingerprint density at radius 1 is 0.907 bits per heavy atom. The molecule has 0 N–H and O–H groups in total. The fourth-order valence-electron chi connectivity index (χ4n) is 6.53. The predicted octanol–water partition coefficient (Wildman–Crippen LogP) is 3.89. The van der Waals surface area contributed by atoms with E-state index in [-0.39, 0.29) is 29.8 Å². The first-order valence-corrected chi connectivity index (χ1v) is 16.3. The molecule has 0 bridgehead atoms. The van der Waals surface area contributed by atoms with Crippen LogP contribution in [0, 0.1) is 19.8 Å². The van der Waals surface area contributed by atoms with E-state index in [9.17, 15) is 13.2 Å². The summed E-state index contributed by atoms with van der Waals surface area (Å²) in [5.41, 5.74) is 5.56. The number of hydrogen-bond donors (Lipinski definition) is 0. The average molecular weight is 605 g/mol. The molecule has 1 amide bonds. The molecule has 10 heteroatoms. The van der Waals surface area contributed by atoms with Crippen LogP contribution in [-0.4, -0.2) is 90.1 Å². The number of anilines is 2. The van der Waals surface area contributed by atoms with E-state index >= 15 is 0 Å². The molecule has 0 saturated carbocycles. The molecule has 0 aromatic heterocycles. The van der Waals surface area contributed by atoms with Crippen molar-refractivity contribution in [2.45, 2.75) is 24.7 Å². The van der Waals surface area contributed by atoms with Gasteiger partial charge in [-0.05, 0) is 60.9 Å². The maximum atomic E-state index is 14.2. The number of piperazine rings is 1. The van der Waals surface area contributed by atoms with Crippen molar-refractivity contribution in [2.24, 2.45) is 5.92 Å². The highest BCUT2D eigenvalue weighted by molar-refractivity contribution is 7.89. The van der Waals surface area contributed by atoms with Crippen molar-refractivity contribution in [3.63, 3.8) is 0 Å². The van der Waals surface area contributed by atoms with Gasteiger partial charge in [0.1, 0.15) is 18.1 Å². The van der Waals surface area contributed by atoms with Crippen molar-refractivity contribution in [1.82, 2.24) is 9.21 Å². The standard InChI is InChI=1S/C33H40N4O5S/c1-23-8-9-24(2)31(18-23)35-12-14-36(15-13-35)33(38)29-22-37(43(39,40)27-7-5-6-26(20-27)41-4)21-28(29)25-10-11-30-32(19-25)42-17-16-34(30)3/h5-11,18-20,28-29H,12-17,21-22H2,1-4H3/t28-,29+/m0/s1. The first-order chi connectivity index (χ1) is 20.7. The molecule has 0 spiro atoms. The van der Waals surface area contributed by atoms with Crippen molar-refractivity contribution in [3.8, 4) is 11.5 Å². The van der Waals surface area contributed by atoms with Gasteiger partial charge in [0.2, 0.25) is 15.9 Å². The van der Waals surface area contributed by atoms with Gasteiger partial charge in [-0.1, -0.05) is 24.3 Å². The Balaban J connectivity index is 1.27. The van der Waals surface area contributed by atoms with Crippen LogP contribution in [0.25, 0.3) is 0 Å². The number of carbonyl (C=O) groups is 1. The third-order valence-electron chi connectivity index (χ3n) is 9.09. The molecule has 2 fully saturated rings. The topological polar surface area (TPSA) is 82.6 Å². The maximum absolute atomic E-state index is 14.2. The van der Waals surface area contributed by atoms with E-state index in [1.54, 1.807) is 18.2 Å². The molecule has 43 heavy (non-hydrogen) atoms. The zero-order chi connectivity index (χ0) is 30.3. The Labute approximate surface area is 254 Å². The first kappa shape index (κ1) is 29.3. The van der Waals surface area contributed by atoms with Crippen molar-refractivity contribution in [1.29, 1.82) is 0 Å². The van der Waals surface area contributed by atoms with Gasteiger partial charge in [-0.3, -0.25) is 4.79 Å². The molecule has 0 radical (unpaired) electrons. The highest BCUT2D eigenvalue weighted by atomic mass is 32.2. The fourth-order valence-corrected chi connectivity index (χ4v) is 8.06. The van der Waals surface area contributed by atoms with Crippen molar-refractivity contribution in [3.05, 3.63) is 77.4 Å². The Bertz CT molecular complexity index is 1620. The monoisotopic (exact) mass is 604 g/mol. The number of rotatable bonds is 6. The first-order valence-electron chi connectivity index (χ1n) is 14.9. The summed E-state index contributed by atoms with van der Waals surface area (Å²) in [5.74, 6) is 0.443. The molecular weight excluding hydrogens is 564 g/mol. The highest BCUT2D eigenvalue weighted by Gasteiger charge is 2.45. The Kier molecular flexibility index (Phi) is 8.00. The number of carbonyl (C=O) groups excluding carboxylic acids is 1. The van der Waals surface area contributed by atoms with E-state index < -0.39 is 15.9 Å². The predicted molar refractivity (Wildman–Crippen MR) is 168 cm³/mol. The van der Waals surface area contributed by atoms with Gasteiger partial charge in [0.25, 0.3) is 0 Å². The normalized spacial score (nSPS) is 21.0. The zero-order valence-corrected chi connectivity index (χ0v) is 26.1. The van der Waals surface area contributed by atoms with E-state index in [1.165, 1.54) is 34.3 Å². The SMILES string of the molecule is COc1cccc(S(=O)(=O)N2C[C@@H](C(=O)N3CCN(c4cc(C)ccc4C)CC3)[C@H](c3ccc4c(c3)OCCN4C)C2)c1. The second kappa shape index (κ2) is 11.7. The number of methoxy groups -OCH3 is 1. The summed E-state index contributed by atoms with van der Waals surface area (Å²) in [6, 6.07) is 19.0. The minimum absolute atomic E-state index is 0.00436. The summed E-state index contributed by atoms with van der Waals surface area (Å²) in [6.07, 6.45) is 0. The third kappa shape index (κ3) is 5.65. The highest BCUT2D eigenvalue weighted by Crippen LogP contribution is 2.41. The van der Waals surface area contributed by atoms with E-state index in [2.05, 4.69) is 41.8 Å². The lowest BCUT2D eigenvalue weighted by molar-refractivity contribution is -0.135. The van der Waals surface area contributed by atoms with Crippen LogP contribution < -0.4 is 19.3 Å². The number of sulfonamides is 1. The summed E-state index contributed by atoms with van der Waals surface area (Å²) < 4.78 is 40.5. The second-order valence-electron chi connectivity index (χ2n) is 11.8. The van der Waals surface area contributed by atoms with Gasteiger partial charge in [0, 0.05) is 64.0 Å². The van der Waals surface area contributed by atoms with Gasteiger partial charge in [0.05, 0.1) is 30.2 Å². The minimum atomic E-state index is -3.85. The van der Waals surface area contributed by atoms with Crippen LogP contribution in [0.5, 0.6) is 11.5 Å². The van der Waals surface area contributed by atoms with Gasteiger partial charge in [-0.2, -0.15) is 4.31 Å². The molecule has 3 heterocycles. The fraction of sp³-hybridized carbons (Fsp3) is 0.424. The molecule has 3 aliphatic heterocycles. The molecule has 0 unspecified atom stereocenters. The molecular formula is C33H40N4O5S. The third-order valence-corrected chi connectivity index (χ3v) is 10.9. The number of likely N-dealkylation sites (N-methyl/N-ethyl adjacent to an activating group) is 1. The van der Waals surface area contributed by atoms with Gasteiger partial charge in [-0.25, -0.2) is 8.42 Å². The maximum Gasteiger partial charge on any atom is 0.243 e. The molecule has 3 aliphatic rings. The molecule has 0 aliphatic carbocycles. The van der Waals surface area contributed by atoms with E-state index in [0.717, 1.165) is 36.6 Å². The number of amides is 1. The van der Waals surface area contributed by atoms with Crippen molar-refractivity contribution >= 4 is 27.3 Å². The van der Waals surface area contributed by atoms with E-state index in [0.29, 0.717) is 25.4 Å². The summed E-state index contributed by atoms with van der Waals surface area (Å²) in [7, 11) is -0.307. The van der Waals surface area contributed by atoms with Gasteiger partial charge in [0.15, 0.2) is 0 Å². The number of hydrogen-bond acceptors (Lipinski definition) is 7. The van der Waals surface area contributed by atoms with Crippen molar-refractivity contribution in [2.75, 3.05) is 76.4 Å². The Hall–Kier alpha value is -3.76. The lowest BCUT2D eigenvalue weighted by Crippen LogP contribution is -2.51. The lowest BCUT2D eigenvalue weighted by Gasteiger charge is -2.38. The van der Waals surface area contributed by atoms with Crippen molar-refractivity contribution < 1.29 is 22.7 Å². The molecule has 228 valence electrons. The quantitative estimate of drug-likeness (QED) is 0.422. The van der Waals surface area contributed by atoms with E-state index in [4.69, 9.17) is 9.47 Å². The Morgan fingerprint density at radius 3 is 2.47 bits per heavy atom. The van der Waals surface area contributed by atoms with Crippen LogP contribution in [0.1, 0.15) is 22.6 Å². The van der Waals surface area contributed by atoms with Gasteiger partial charge < -0.3 is 24.2 Å². The lowest BCUT2D eigenvalue weighted by atomic mass is 9.87. The minimum Gasteiger partial charge on any atom is -0.497 e. The van der Waals surface area contributed by atoms with Crippen LogP contribution in [-0.2, 0) is 14.8 Å². The number of aryl methyl sites for hydroxylation is 2. The molecule has 3 aromatic rings. The largest absolute Gasteiger partial charge is 0.497 e. The van der Waals surface area contributed by atoms with Gasteiger partial charge in [-0.15, -0.1) is 0 Å². The second-order valence-corrected chi connectivity index (χ2v) is 13.8. The zero-order valence-electron chi connectivity index (χ0n) is 25.3. The number of ether oxygens (including phenoxy) is 2. The molecule has 2 atom stereocenters. The molecule has 3 aromatic carbocycles. The average Bonchev–Trinajstić information content (AvgIpc) is 3.48. The number of benzene rings is 3. The van der Waals surface area contributed by atoms with Crippen LogP contribution in [0.4, 0.5) is 11.4 Å². The van der Waals surface area contributed by atoms with Crippen LogP contribution in [0.2, 0.25) is 0 Å². The van der Waals surface area contributed by atoms with Crippen LogP contribution in [0.3, 0.4) is 0 Å². The molecule has 6 rings (SSSR count).